The molecule has 1 aromatic rings. The molecule has 1 aromatic heterocycles. The van der Waals surface area contributed by atoms with Gasteiger partial charge in [-0.05, 0) is 38.8 Å². The third-order valence-corrected chi connectivity index (χ3v) is 3.21. The molecule has 0 atom stereocenters. The summed E-state index contributed by atoms with van der Waals surface area (Å²) in [6.07, 6.45) is 3.89. The van der Waals surface area contributed by atoms with Crippen LogP contribution in [0.1, 0.15) is 32.4 Å². The molecule has 0 saturated carbocycles. The lowest BCUT2D eigenvalue weighted by Gasteiger charge is -2.42. The van der Waals surface area contributed by atoms with Crippen LogP contribution in [0.2, 0.25) is 0 Å². The van der Waals surface area contributed by atoms with E-state index in [1.165, 1.54) is 0 Å². The zero-order valence-electron chi connectivity index (χ0n) is 10.1. The number of pyridine rings is 1. The van der Waals surface area contributed by atoms with Gasteiger partial charge in [0.1, 0.15) is 0 Å². The first-order chi connectivity index (χ1) is 7.52. The van der Waals surface area contributed by atoms with Gasteiger partial charge in [-0.15, -0.1) is 0 Å². The molecule has 2 N–H and O–H groups in total. The smallest absolute Gasteiger partial charge is 0.0600 e. The third-order valence-electron chi connectivity index (χ3n) is 3.21. The van der Waals surface area contributed by atoms with Crippen molar-refractivity contribution < 1.29 is 4.74 Å². The lowest BCUT2D eigenvalue weighted by atomic mass is 9.75. The van der Waals surface area contributed by atoms with Crippen molar-refractivity contribution in [1.29, 1.82) is 0 Å². The molecule has 0 bridgehead atoms. The van der Waals surface area contributed by atoms with Crippen molar-refractivity contribution in [3.8, 4) is 0 Å². The van der Waals surface area contributed by atoms with E-state index < -0.39 is 0 Å². The van der Waals surface area contributed by atoms with Gasteiger partial charge < -0.3 is 10.5 Å². The summed E-state index contributed by atoms with van der Waals surface area (Å²) in [7, 11) is 0. The highest BCUT2D eigenvalue weighted by molar-refractivity contribution is 5.20. The Balaban J connectivity index is 2.09. The molecule has 3 nitrogen and oxygen atoms in total. The van der Waals surface area contributed by atoms with Gasteiger partial charge in [-0.3, -0.25) is 4.98 Å². The van der Waals surface area contributed by atoms with Crippen molar-refractivity contribution in [1.82, 2.24) is 4.98 Å². The summed E-state index contributed by atoms with van der Waals surface area (Å²) in [4.78, 5) is 4.45. The molecule has 88 valence electrons. The van der Waals surface area contributed by atoms with Crippen molar-refractivity contribution in [2.45, 2.75) is 37.6 Å². The second kappa shape index (κ2) is 4.15. The zero-order chi connectivity index (χ0) is 11.6. The maximum Gasteiger partial charge on any atom is 0.0600 e. The summed E-state index contributed by atoms with van der Waals surface area (Å²) in [6.45, 7) is 5.69. The van der Waals surface area contributed by atoms with E-state index in [0.717, 1.165) is 31.7 Å². The second-order valence-electron chi connectivity index (χ2n) is 5.48. The van der Waals surface area contributed by atoms with Crippen LogP contribution < -0.4 is 5.73 Å². The summed E-state index contributed by atoms with van der Waals surface area (Å²) in [5.41, 5.74) is 7.18. The fourth-order valence-electron chi connectivity index (χ4n) is 2.01. The molecule has 0 spiro atoms. The first-order valence-electron chi connectivity index (χ1n) is 5.80. The van der Waals surface area contributed by atoms with Crippen molar-refractivity contribution in [3.05, 3.63) is 30.1 Å². The maximum absolute atomic E-state index is 6.04. The minimum absolute atomic E-state index is 0.109. The Morgan fingerprint density at radius 2 is 2.19 bits per heavy atom. The van der Waals surface area contributed by atoms with Gasteiger partial charge in [0.15, 0.2) is 0 Å². The average Bonchev–Trinajstić information content (AvgIpc) is 2.16. The molecule has 0 unspecified atom stereocenters. The predicted molar refractivity (Wildman–Crippen MR) is 64.2 cm³/mol. The van der Waals surface area contributed by atoms with Crippen LogP contribution in [-0.2, 0) is 10.2 Å². The zero-order valence-corrected chi connectivity index (χ0v) is 10.1. The Bertz CT molecular complexity index is 339. The van der Waals surface area contributed by atoms with E-state index in [1.54, 1.807) is 0 Å². The molecule has 16 heavy (non-hydrogen) atoms. The summed E-state index contributed by atoms with van der Waals surface area (Å²) < 4.78 is 5.38. The Morgan fingerprint density at radius 1 is 1.44 bits per heavy atom. The Hall–Kier alpha value is -0.930. The third kappa shape index (κ3) is 2.42. The molecule has 1 aliphatic rings. The number of hydrogen-bond donors (Lipinski definition) is 1. The van der Waals surface area contributed by atoms with Crippen LogP contribution >= 0.6 is 0 Å². The highest BCUT2D eigenvalue weighted by atomic mass is 16.5. The first-order valence-corrected chi connectivity index (χ1v) is 5.80. The van der Waals surface area contributed by atoms with Crippen molar-refractivity contribution in [3.63, 3.8) is 0 Å². The molecular formula is C13H20N2O. The number of hydrogen-bond acceptors (Lipinski definition) is 3. The van der Waals surface area contributed by atoms with Gasteiger partial charge in [0, 0.05) is 11.7 Å². The van der Waals surface area contributed by atoms with Crippen LogP contribution in [0, 0.1) is 0 Å². The van der Waals surface area contributed by atoms with Crippen LogP contribution in [0.5, 0.6) is 0 Å². The summed E-state index contributed by atoms with van der Waals surface area (Å²) in [6, 6.07) is 6.08. The van der Waals surface area contributed by atoms with E-state index in [2.05, 4.69) is 24.9 Å². The fourth-order valence-corrected chi connectivity index (χ4v) is 2.01. The lowest BCUT2D eigenvalue weighted by molar-refractivity contribution is -0.0690. The van der Waals surface area contributed by atoms with Gasteiger partial charge in [0.25, 0.3) is 0 Å². The normalized spacial score (nSPS) is 19.2. The van der Waals surface area contributed by atoms with Crippen molar-refractivity contribution in [2.24, 2.45) is 5.73 Å². The van der Waals surface area contributed by atoms with Gasteiger partial charge >= 0.3 is 0 Å². The topological polar surface area (TPSA) is 48.1 Å². The van der Waals surface area contributed by atoms with Crippen LogP contribution in [0.3, 0.4) is 0 Å². The van der Waals surface area contributed by atoms with Crippen LogP contribution in [0.4, 0.5) is 0 Å². The molecule has 0 radical (unpaired) electrons. The van der Waals surface area contributed by atoms with E-state index in [4.69, 9.17) is 10.5 Å². The van der Waals surface area contributed by atoms with E-state index in [9.17, 15) is 0 Å². The Kier molecular flexibility index (Phi) is 3.00. The monoisotopic (exact) mass is 220 g/mol. The number of ether oxygens (including phenoxy) is 1. The van der Waals surface area contributed by atoms with Crippen molar-refractivity contribution >= 4 is 0 Å². The molecule has 0 amide bonds. The molecular weight excluding hydrogens is 200 g/mol. The maximum atomic E-state index is 6.04. The summed E-state index contributed by atoms with van der Waals surface area (Å²) in [5.74, 6) is 0. The highest BCUT2D eigenvalue weighted by Crippen LogP contribution is 2.36. The van der Waals surface area contributed by atoms with E-state index in [0.29, 0.717) is 0 Å². The fraction of sp³-hybridized carbons (Fsp3) is 0.615. The van der Waals surface area contributed by atoms with Gasteiger partial charge in [-0.2, -0.15) is 0 Å². The largest absolute Gasteiger partial charge is 0.379 e. The highest BCUT2D eigenvalue weighted by Gasteiger charge is 2.41. The summed E-state index contributed by atoms with van der Waals surface area (Å²) in [5, 5.41) is 0. The number of aromatic nitrogens is 1. The van der Waals surface area contributed by atoms with Gasteiger partial charge in [-0.25, -0.2) is 0 Å². The van der Waals surface area contributed by atoms with Gasteiger partial charge in [0.05, 0.1) is 24.3 Å². The lowest BCUT2D eigenvalue weighted by Crippen LogP contribution is -2.49. The Labute approximate surface area is 97.0 Å². The van der Waals surface area contributed by atoms with E-state index in [-0.39, 0.29) is 11.0 Å². The van der Waals surface area contributed by atoms with E-state index >= 15 is 0 Å². The first kappa shape index (κ1) is 11.6. The SMILES string of the molecule is CC(C)(N)CCC1(c2ccccn2)COC1. The molecule has 0 aliphatic carbocycles. The van der Waals surface area contributed by atoms with Gasteiger partial charge in [0.2, 0.25) is 0 Å². The molecule has 2 heterocycles. The quantitative estimate of drug-likeness (QED) is 0.842. The van der Waals surface area contributed by atoms with Crippen LogP contribution in [0.25, 0.3) is 0 Å². The molecule has 1 aliphatic heterocycles. The molecule has 1 saturated heterocycles. The number of nitrogens with two attached hydrogens (primary N) is 1. The molecule has 2 rings (SSSR count). The van der Waals surface area contributed by atoms with E-state index in [1.807, 2.05) is 18.3 Å². The number of rotatable bonds is 4. The molecule has 0 aromatic carbocycles. The molecule has 3 heteroatoms. The minimum Gasteiger partial charge on any atom is -0.379 e. The minimum atomic E-state index is -0.114. The summed E-state index contributed by atoms with van der Waals surface area (Å²) >= 11 is 0. The van der Waals surface area contributed by atoms with Crippen LogP contribution in [0.15, 0.2) is 24.4 Å². The standard InChI is InChI=1S/C13H20N2O/c1-12(2,14)6-7-13(9-16-10-13)11-5-3-4-8-15-11/h3-5,8H,6-7,9-10,14H2,1-2H3. The molecule has 1 fully saturated rings. The predicted octanol–water partition coefficient (Wildman–Crippen LogP) is 1.87. The van der Waals surface area contributed by atoms with Crippen LogP contribution in [-0.4, -0.2) is 23.7 Å². The average molecular weight is 220 g/mol. The van der Waals surface area contributed by atoms with Gasteiger partial charge in [-0.1, -0.05) is 6.07 Å². The number of nitrogens with zero attached hydrogens (tertiary/aromatic N) is 1. The second-order valence-corrected chi connectivity index (χ2v) is 5.48. The van der Waals surface area contributed by atoms with Crippen molar-refractivity contribution in [2.75, 3.05) is 13.2 Å². The Morgan fingerprint density at radius 3 is 2.62 bits per heavy atom.